The number of benzene rings is 1. The fraction of sp³-hybridized carbons (Fsp3) is 0.556. The van der Waals surface area contributed by atoms with E-state index in [9.17, 15) is 8.42 Å². The number of sulfonamides is 1. The van der Waals surface area contributed by atoms with Crippen LogP contribution in [0.1, 0.15) is 24.8 Å². The largest absolute Gasteiger partial charge is 0.298 e. The molecule has 0 spiro atoms. The van der Waals surface area contributed by atoms with Crippen molar-refractivity contribution in [1.29, 1.82) is 0 Å². The minimum absolute atomic E-state index is 0.452. The molecule has 4 nitrogen and oxygen atoms in total. The highest BCUT2D eigenvalue weighted by Crippen LogP contribution is 2.24. The van der Waals surface area contributed by atoms with Crippen LogP contribution < -0.4 is 0 Å². The monoisotopic (exact) mass is 334 g/mol. The zero-order valence-corrected chi connectivity index (χ0v) is 14.6. The fourth-order valence-corrected chi connectivity index (χ4v) is 4.61. The van der Waals surface area contributed by atoms with Crippen LogP contribution in [-0.4, -0.2) is 56.6 Å². The van der Waals surface area contributed by atoms with Crippen molar-refractivity contribution in [1.82, 2.24) is 9.21 Å². The van der Waals surface area contributed by atoms with Gasteiger partial charge in [-0.25, -0.2) is 12.7 Å². The van der Waals surface area contributed by atoms with Gasteiger partial charge in [0.25, 0.3) is 0 Å². The Morgan fingerprint density at radius 1 is 1.17 bits per heavy atom. The summed E-state index contributed by atoms with van der Waals surface area (Å²) in [4.78, 5) is 2.48. The Morgan fingerprint density at radius 3 is 2.70 bits per heavy atom. The summed E-state index contributed by atoms with van der Waals surface area (Å²) in [5, 5.41) is 0. The number of hydrogen-bond donors (Lipinski definition) is 0. The first-order chi connectivity index (χ1) is 11.0. The second-order valence-electron chi connectivity index (χ2n) is 6.75. The lowest BCUT2D eigenvalue weighted by Crippen LogP contribution is -2.44. The molecule has 1 atom stereocenters. The summed E-state index contributed by atoms with van der Waals surface area (Å²) in [5.74, 6) is 0.452. The predicted octanol–water partition coefficient (Wildman–Crippen LogP) is 2.45. The van der Waals surface area contributed by atoms with Crippen molar-refractivity contribution >= 4 is 15.6 Å². The zero-order valence-electron chi connectivity index (χ0n) is 13.8. The molecular formula is C18H26N2O2S. The SMILES string of the molecule is CS(=O)(=O)N1CCCC(CN2CCC=C(c3ccccc3)C2)C1. The lowest BCUT2D eigenvalue weighted by molar-refractivity contribution is 0.190. The highest BCUT2D eigenvalue weighted by molar-refractivity contribution is 7.88. The van der Waals surface area contributed by atoms with Crippen LogP contribution >= 0.6 is 0 Å². The molecule has 1 fully saturated rings. The van der Waals surface area contributed by atoms with E-state index in [1.54, 1.807) is 4.31 Å². The van der Waals surface area contributed by atoms with Crippen LogP contribution in [0.2, 0.25) is 0 Å². The quantitative estimate of drug-likeness (QED) is 0.849. The van der Waals surface area contributed by atoms with Crippen LogP contribution in [0.3, 0.4) is 0 Å². The van der Waals surface area contributed by atoms with Gasteiger partial charge in [-0.2, -0.15) is 0 Å². The predicted molar refractivity (Wildman–Crippen MR) is 94.6 cm³/mol. The Hall–Kier alpha value is -1.17. The van der Waals surface area contributed by atoms with Crippen LogP contribution in [0.15, 0.2) is 36.4 Å². The smallest absolute Gasteiger partial charge is 0.211 e. The molecule has 2 heterocycles. The maximum atomic E-state index is 11.8. The second kappa shape index (κ2) is 7.16. The molecule has 0 N–H and O–H groups in total. The molecule has 1 aromatic carbocycles. The molecule has 0 radical (unpaired) electrons. The maximum absolute atomic E-state index is 11.8. The first-order valence-corrected chi connectivity index (χ1v) is 10.3. The molecular weight excluding hydrogens is 308 g/mol. The number of piperidine rings is 1. The zero-order chi connectivity index (χ0) is 16.3. The number of rotatable bonds is 4. The molecule has 126 valence electrons. The van der Waals surface area contributed by atoms with E-state index in [0.29, 0.717) is 19.0 Å². The Morgan fingerprint density at radius 2 is 1.96 bits per heavy atom. The lowest BCUT2D eigenvalue weighted by Gasteiger charge is -2.36. The van der Waals surface area contributed by atoms with Crippen molar-refractivity contribution in [3.05, 3.63) is 42.0 Å². The van der Waals surface area contributed by atoms with E-state index in [-0.39, 0.29) is 0 Å². The first kappa shape index (κ1) is 16.7. The van der Waals surface area contributed by atoms with Gasteiger partial charge in [0.05, 0.1) is 6.26 Å². The average Bonchev–Trinajstić information content (AvgIpc) is 2.55. The molecule has 2 aliphatic rings. The Labute approximate surface area is 139 Å². The Balaban J connectivity index is 1.60. The average molecular weight is 334 g/mol. The third-order valence-electron chi connectivity index (χ3n) is 4.84. The van der Waals surface area contributed by atoms with E-state index in [4.69, 9.17) is 0 Å². The molecule has 2 aliphatic heterocycles. The molecule has 5 heteroatoms. The summed E-state index contributed by atoms with van der Waals surface area (Å²) in [5.41, 5.74) is 2.70. The molecule has 0 bridgehead atoms. The van der Waals surface area contributed by atoms with E-state index in [1.807, 2.05) is 6.07 Å². The standard InChI is InChI=1S/C18H26N2O2S/c1-23(21,22)20-12-5-7-16(14-20)13-19-11-6-10-18(15-19)17-8-3-2-4-9-17/h2-4,8-10,16H,5-7,11-15H2,1H3. The minimum Gasteiger partial charge on any atom is -0.298 e. The molecule has 3 rings (SSSR count). The summed E-state index contributed by atoms with van der Waals surface area (Å²) in [6.45, 7) is 4.41. The van der Waals surface area contributed by atoms with Crippen molar-refractivity contribution in [2.24, 2.45) is 5.92 Å². The van der Waals surface area contributed by atoms with Gasteiger partial charge >= 0.3 is 0 Å². The van der Waals surface area contributed by atoms with Crippen molar-refractivity contribution < 1.29 is 8.42 Å². The van der Waals surface area contributed by atoms with Crippen LogP contribution in [-0.2, 0) is 10.0 Å². The summed E-state index contributed by atoms with van der Waals surface area (Å²) in [6.07, 6.45) is 6.86. The van der Waals surface area contributed by atoms with E-state index in [1.165, 1.54) is 17.4 Å². The molecule has 1 unspecified atom stereocenters. The molecule has 1 aromatic rings. The van der Waals surface area contributed by atoms with Gasteiger partial charge in [-0.15, -0.1) is 0 Å². The van der Waals surface area contributed by atoms with Crippen molar-refractivity contribution in [2.45, 2.75) is 19.3 Å². The van der Waals surface area contributed by atoms with Gasteiger partial charge in [-0.1, -0.05) is 36.4 Å². The van der Waals surface area contributed by atoms with Gasteiger partial charge in [0.2, 0.25) is 10.0 Å². The van der Waals surface area contributed by atoms with E-state index < -0.39 is 10.0 Å². The molecule has 0 aromatic heterocycles. The van der Waals surface area contributed by atoms with Crippen LogP contribution in [0, 0.1) is 5.92 Å². The lowest BCUT2D eigenvalue weighted by atomic mass is 9.96. The Bertz CT molecular complexity index is 655. The van der Waals surface area contributed by atoms with Gasteiger partial charge in [-0.3, -0.25) is 4.90 Å². The second-order valence-corrected chi connectivity index (χ2v) is 8.73. The topological polar surface area (TPSA) is 40.6 Å². The fourth-order valence-electron chi connectivity index (χ4n) is 3.67. The van der Waals surface area contributed by atoms with Gasteiger partial charge in [0.15, 0.2) is 0 Å². The Kier molecular flexibility index (Phi) is 5.19. The minimum atomic E-state index is -3.05. The first-order valence-electron chi connectivity index (χ1n) is 8.44. The summed E-state index contributed by atoms with van der Waals surface area (Å²) in [6, 6.07) is 10.6. The van der Waals surface area contributed by atoms with Crippen molar-refractivity contribution in [3.8, 4) is 0 Å². The molecule has 0 aliphatic carbocycles. The van der Waals surface area contributed by atoms with Crippen LogP contribution in [0.4, 0.5) is 0 Å². The van der Waals surface area contributed by atoms with E-state index in [2.05, 4.69) is 35.2 Å². The molecule has 1 saturated heterocycles. The van der Waals surface area contributed by atoms with Crippen molar-refractivity contribution in [2.75, 3.05) is 39.0 Å². The molecule has 0 amide bonds. The van der Waals surface area contributed by atoms with Gasteiger partial charge in [0.1, 0.15) is 0 Å². The summed E-state index contributed by atoms with van der Waals surface area (Å²) >= 11 is 0. The highest BCUT2D eigenvalue weighted by Gasteiger charge is 2.27. The van der Waals surface area contributed by atoms with Gasteiger partial charge in [0, 0.05) is 32.7 Å². The van der Waals surface area contributed by atoms with Gasteiger partial charge in [-0.05, 0) is 36.3 Å². The summed E-state index contributed by atoms with van der Waals surface area (Å²) < 4.78 is 25.2. The number of nitrogens with zero attached hydrogens (tertiary/aromatic N) is 2. The summed E-state index contributed by atoms with van der Waals surface area (Å²) in [7, 11) is -3.05. The third-order valence-corrected chi connectivity index (χ3v) is 6.11. The van der Waals surface area contributed by atoms with Gasteiger partial charge < -0.3 is 0 Å². The van der Waals surface area contributed by atoms with Crippen LogP contribution in [0.25, 0.3) is 5.57 Å². The molecule has 0 saturated carbocycles. The third kappa shape index (κ3) is 4.43. The van der Waals surface area contributed by atoms with E-state index >= 15 is 0 Å². The van der Waals surface area contributed by atoms with Crippen molar-refractivity contribution in [3.63, 3.8) is 0 Å². The highest BCUT2D eigenvalue weighted by atomic mass is 32.2. The van der Waals surface area contributed by atoms with Crippen LogP contribution in [0.5, 0.6) is 0 Å². The molecule has 23 heavy (non-hydrogen) atoms. The number of hydrogen-bond acceptors (Lipinski definition) is 3. The normalized spacial score (nSPS) is 24.4. The van der Waals surface area contributed by atoms with E-state index in [0.717, 1.165) is 38.9 Å². The maximum Gasteiger partial charge on any atom is 0.211 e.